The van der Waals surface area contributed by atoms with Crippen molar-refractivity contribution in [3.8, 4) is 0 Å². The molecule has 0 aliphatic rings. The molecule has 1 atom stereocenters. The van der Waals surface area contributed by atoms with E-state index in [2.05, 4.69) is 10.3 Å². The molecule has 0 aliphatic heterocycles. The van der Waals surface area contributed by atoms with Crippen molar-refractivity contribution < 1.29 is 13.3 Å². The number of nitro benzene ring substituents is 1. The minimum Gasteiger partial charge on any atom is -0.367 e. The first-order valence-electron chi connectivity index (χ1n) is 8.49. The van der Waals surface area contributed by atoms with E-state index < -0.39 is 26.5 Å². The average molecular weight is 397 g/mol. The largest absolute Gasteiger partial charge is 0.367 e. The summed E-state index contributed by atoms with van der Waals surface area (Å²) in [5.74, 6) is 0. The van der Waals surface area contributed by atoms with Gasteiger partial charge < -0.3 is 5.32 Å². The summed E-state index contributed by atoms with van der Waals surface area (Å²) in [6, 6.07) is 16.8. The number of sulfone groups is 1. The molecule has 0 bridgehead atoms. The zero-order valence-electron chi connectivity index (χ0n) is 15.4. The highest BCUT2D eigenvalue weighted by Gasteiger charge is 2.28. The second-order valence-electron chi connectivity index (χ2n) is 6.43. The van der Waals surface area contributed by atoms with E-state index in [4.69, 9.17) is 0 Å². The Kier molecular flexibility index (Phi) is 5.41. The lowest BCUT2D eigenvalue weighted by Crippen LogP contribution is -2.16. The fourth-order valence-corrected chi connectivity index (χ4v) is 3.87. The maximum absolute atomic E-state index is 12.0. The van der Waals surface area contributed by atoms with E-state index in [-0.39, 0.29) is 10.6 Å². The number of hydrogen-bond acceptors (Lipinski definition) is 6. The van der Waals surface area contributed by atoms with Gasteiger partial charge in [-0.25, -0.2) is 8.42 Å². The number of nitro groups is 1. The molecule has 0 fully saturated rings. The Morgan fingerprint density at radius 2 is 1.82 bits per heavy atom. The minimum atomic E-state index is -3.77. The zero-order chi connectivity index (χ0) is 20.3. The molecule has 3 rings (SSSR count). The number of pyridine rings is 1. The molecule has 2 aromatic carbocycles. The number of hydrogen-bond donors (Lipinski definition) is 1. The highest BCUT2D eigenvalue weighted by atomic mass is 32.2. The van der Waals surface area contributed by atoms with E-state index in [0.717, 1.165) is 17.4 Å². The molecule has 1 N–H and O–H groups in total. The first-order valence-corrected chi connectivity index (χ1v) is 10.4. The molecular weight excluding hydrogens is 378 g/mol. The molecule has 144 valence electrons. The predicted molar refractivity (Wildman–Crippen MR) is 107 cm³/mol. The average Bonchev–Trinajstić information content (AvgIpc) is 2.65. The summed E-state index contributed by atoms with van der Waals surface area (Å²) in [5.41, 5.74) is 2.19. The van der Waals surface area contributed by atoms with Gasteiger partial charge >= 0.3 is 5.69 Å². The molecule has 1 heterocycles. The molecule has 0 saturated heterocycles. The zero-order valence-corrected chi connectivity index (χ0v) is 16.2. The molecule has 1 aromatic heterocycles. The second kappa shape index (κ2) is 7.77. The summed E-state index contributed by atoms with van der Waals surface area (Å²) in [5, 5.41) is 14.8. The molecule has 28 heavy (non-hydrogen) atoms. The fourth-order valence-electron chi connectivity index (χ4n) is 3.01. The van der Waals surface area contributed by atoms with Crippen LogP contribution >= 0.6 is 0 Å². The third kappa shape index (κ3) is 4.17. The first-order chi connectivity index (χ1) is 13.3. The fraction of sp³-hybridized carbons (Fsp3) is 0.150. The van der Waals surface area contributed by atoms with Crippen molar-refractivity contribution in [2.45, 2.75) is 17.9 Å². The maximum Gasteiger partial charge on any atom is 0.310 e. The van der Waals surface area contributed by atoms with Gasteiger partial charge in [0.15, 0.2) is 9.84 Å². The molecule has 7 nitrogen and oxygen atoms in total. The Morgan fingerprint density at radius 3 is 2.43 bits per heavy atom. The summed E-state index contributed by atoms with van der Waals surface area (Å²) in [6.45, 7) is 1.95. The van der Waals surface area contributed by atoms with Crippen LogP contribution in [0.3, 0.4) is 0 Å². The molecule has 0 saturated carbocycles. The van der Waals surface area contributed by atoms with Crippen LogP contribution in [0.1, 0.15) is 22.9 Å². The summed E-state index contributed by atoms with van der Waals surface area (Å²) >= 11 is 0. The lowest BCUT2D eigenvalue weighted by atomic mass is 10.0. The van der Waals surface area contributed by atoms with Crippen molar-refractivity contribution in [1.29, 1.82) is 0 Å². The van der Waals surface area contributed by atoms with Crippen molar-refractivity contribution >= 4 is 21.2 Å². The van der Waals surface area contributed by atoms with E-state index in [9.17, 15) is 18.5 Å². The van der Waals surface area contributed by atoms with Gasteiger partial charge in [0, 0.05) is 12.5 Å². The van der Waals surface area contributed by atoms with Crippen LogP contribution in [0.5, 0.6) is 0 Å². The Hall–Kier alpha value is -3.26. The SMILES string of the molecule is Cc1cccc(C(Nc2cccc(S(C)(=O)=O)c2[N+](=O)[O-])c2ccccn2)c1. The molecule has 0 amide bonds. The van der Waals surface area contributed by atoms with Crippen molar-refractivity contribution in [3.05, 3.63) is 93.8 Å². The summed E-state index contributed by atoms with van der Waals surface area (Å²) < 4.78 is 24.1. The first kappa shape index (κ1) is 19.5. The Labute approximate surface area is 163 Å². The second-order valence-corrected chi connectivity index (χ2v) is 8.41. The van der Waals surface area contributed by atoms with Crippen LogP contribution in [0, 0.1) is 17.0 Å². The standard InChI is InChI=1S/C20H19N3O4S/c1-14-7-5-8-15(13-14)19(16-9-3-4-12-21-16)22-17-10-6-11-18(28(2,26)27)20(17)23(24)25/h3-13,19,22H,1-2H3. The van der Waals surface area contributed by atoms with Crippen molar-refractivity contribution in [1.82, 2.24) is 4.98 Å². The van der Waals surface area contributed by atoms with Gasteiger partial charge in [0.25, 0.3) is 0 Å². The number of para-hydroxylation sites is 1. The van der Waals surface area contributed by atoms with Crippen LogP contribution in [-0.2, 0) is 9.84 Å². The number of benzene rings is 2. The highest BCUT2D eigenvalue weighted by Crippen LogP contribution is 2.35. The summed E-state index contributed by atoms with van der Waals surface area (Å²) in [4.78, 5) is 15.1. The Morgan fingerprint density at radius 1 is 1.07 bits per heavy atom. The molecule has 0 radical (unpaired) electrons. The molecule has 1 unspecified atom stereocenters. The molecule has 0 spiro atoms. The van der Waals surface area contributed by atoms with Gasteiger partial charge in [-0.1, -0.05) is 42.0 Å². The van der Waals surface area contributed by atoms with Crippen LogP contribution in [0.25, 0.3) is 0 Å². The van der Waals surface area contributed by atoms with Crippen molar-refractivity contribution in [3.63, 3.8) is 0 Å². The summed E-state index contributed by atoms with van der Waals surface area (Å²) in [6.07, 6.45) is 2.59. The molecular formula is C20H19N3O4S. The normalized spacial score (nSPS) is 12.4. The number of anilines is 1. The van der Waals surface area contributed by atoms with Crippen LogP contribution in [0.15, 0.2) is 71.8 Å². The van der Waals surface area contributed by atoms with Crippen LogP contribution in [-0.4, -0.2) is 24.6 Å². The lowest BCUT2D eigenvalue weighted by Gasteiger charge is -2.21. The Balaban J connectivity index is 2.16. The van der Waals surface area contributed by atoms with E-state index in [0.29, 0.717) is 5.69 Å². The predicted octanol–water partition coefficient (Wildman–Crippen LogP) is 3.90. The number of aromatic nitrogens is 1. The van der Waals surface area contributed by atoms with E-state index in [1.54, 1.807) is 12.3 Å². The number of nitrogens with one attached hydrogen (secondary N) is 1. The monoisotopic (exact) mass is 397 g/mol. The van der Waals surface area contributed by atoms with Gasteiger partial charge in [-0.3, -0.25) is 15.1 Å². The minimum absolute atomic E-state index is 0.116. The van der Waals surface area contributed by atoms with Gasteiger partial charge in [-0.05, 0) is 36.8 Å². The van der Waals surface area contributed by atoms with Gasteiger partial charge in [0.1, 0.15) is 10.6 Å². The number of rotatable bonds is 6. The third-order valence-electron chi connectivity index (χ3n) is 4.24. The van der Waals surface area contributed by atoms with Gasteiger partial charge in [0.05, 0.1) is 16.7 Å². The molecule has 0 aliphatic carbocycles. The molecule has 8 heteroatoms. The van der Waals surface area contributed by atoms with Crippen LogP contribution < -0.4 is 5.32 Å². The van der Waals surface area contributed by atoms with E-state index in [1.165, 1.54) is 18.2 Å². The smallest absolute Gasteiger partial charge is 0.310 e. The van der Waals surface area contributed by atoms with E-state index >= 15 is 0 Å². The third-order valence-corrected chi connectivity index (χ3v) is 5.37. The van der Waals surface area contributed by atoms with E-state index in [1.807, 2.05) is 43.3 Å². The molecule has 3 aromatic rings. The van der Waals surface area contributed by atoms with Gasteiger partial charge in [-0.15, -0.1) is 0 Å². The van der Waals surface area contributed by atoms with Gasteiger partial charge in [0.2, 0.25) is 0 Å². The highest BCUT2D eigenvalue weighted by molar-refractivity contribution is 7.90. The van der Waals surface area contributed by atoms with Crippen LogP contribution in [0.4, 0.5) is 11.4 Å². The Bertz CT molecular complexity index is 1120. The topological polar surface area (TPSA) is 102 Å². The van der Waals surface area contributed by atoms with Crippen molar-refractivity contribution in [2.24, 2.45) is 0 Å². The van der Waals surface area contributed by atoms with Gasteiger partial charge in [-0.2, -0.15) is 0 Å². The maximum atomic E-state index is 12.0. The summed E-state index contributed by atoms with van der Waals surface area (Å²) in [7, 11) is -3.77. The lowest BCUT2D eigenvalue weighted by molar-refractivity contribution is -0.386. The van der Waals surface area contributed by atoms with Crippen molar-refractivity contribution in [2.75, 3.05) is 11.6 Å². The number of nitrogens with zero attached hydrogens (tertiary/aromatic N) is 2. The van der Waals surface area contributed by atoms with Crippen LogP contribution in [0.2, 0.25) is 0 Å². The quantitative estimate of drug-likeness (QED) is 0.500. The number of aryl methyl sites for hydroxylation is 1.